The first kappa shape index (κ1) is 12.8. The largest absolute Gasteiger partial charge is 0.479 e. The molecule has 1 heterocycles. The lowest BCUT2D eigenvalue weighted by atomic mass is 10.1. The Kier molecular flexibility index (Phi) is 3.28. The van der Waals surface area contributed by atoms with Gasteiger partial charge in [0.25, 0.3) is 11.2 Å². The molecule has 0 bridgehead atoms. The number of pyridine rings is 1. The first-order valence-corrected chi connectivity index (χ1v) is 4.55. The van der Waals surface area contributed by atoms with E-state index in [1.165, 1.54) is 0 Å². The number of carboxylic acid groups (broad SMARTS) is 1. The van der Waals surface area contributed by atoms with Gasteiger partial charge in [-0.3, -0.25) is 14.9 Å². The van der Waals surface area contributed by atoms with Crippen molar-refractivity contribution in [3.8, 4) is 0 Å². The van der Waals surface area contributed by atoms with Crippen molar-refractivity contribution in [2.24, 2.45) is 0 Å². The van der Waals surface area contributed by atoms with Gasteiger partial charge in [0.15, 0.2) is 5.60 Å². The number of nitrogens with zero attached hydrogens (tertiary/aromatic N) is 2. The van der Waals surface area contributed by atoms with E-state index < -0.39 is 28.6 Å². The highest BCUT2D eigenvalue weighted by Crippen LogP contribution is 2.10. The summed E-state index contributed by atoms with van der Waals surface area (Å²) in [7, 11) is 0. The monoisotopic (exact) mass is 242 g/mol. The van der Waals surface area contributed by atoms with Crippen molar-refractivity contribution in [1.82, 2.24) is 4.57 Å². The van der Waals surface area contributed by atoms with Crippen LogP contribution in [0.5, 0.6) is 0 Å². The van der Waals surface area contributed by atoms with Crippen LogP contribution in [0.4, 0.5) is 5.69 Å². The maximum atomic E-state index is 11.3. The van der Waals surface area contributed by atoms with Crippen molar-refractivity contribution in [3.05, 3.63) is 38.8 Å². The number of nitro groups is 1. The van der Waals surface area contributed by atoms with E-state index in [0.717, 1.165) is 29.8 Å². The minimum absolute atomic E-state index is 0.356. The van der Waals surface area contributed by atoms with Crippen molar-refractivity contribution in [3.63, 3.8) is 0 Å². The lowest BCUT2D eigenvalue weighted by Crippen LogP contribution is -2.42. The van der Waals surface area contributed by atoms with Crippen LogP contribution in [-0.4, -0.2) is 31.3 Å². The molecule has 0 aliphatic heterocycles. The normalized spacial score (nSPS) is 14.0. The fourth-order valence-electron chi connectivity index (χ4n) is 1.15. The molecule has 8 heteroatoms. The maximum absolute atomic E-state index is 11.3. The molecule has 0 fully saturated rings. The number of carboxylic acids is 1. The molecule has 92 valence electrons. The van der Waals surface area contributed by atoms with Crippen LogP contribution in [0.25, 0.3) is 0 Å². The molecule has 1 aromatic rings. The molecule has 17 heavy (non-hydrogen) atoms. The van der Waals surface area contributed by atoms with Gasteiger partial charge in [0.2, 0.25) is 0 Å². The lowest BCUT2D eigenvalue weighted by Gasteiger charge is -2.18. The van der Waals surface area contributed by atoms with Crippen LogP contribution in [0.1, 0.15) is 6.92 Å². The summed E-state index contributed by atoms with van der Waals surface area (Å²) in [5.74, 6) is -1.52. The SMILES string of the molecule is CC(O)(Cn1cc([N+](=O)[O-])ccc1=O)C(=O)O. The Morgan fingerprint density at radius 1 is 1.59 bits per heavy atom. The van der Waals surface area contributed by atoms with Crippen molar-refractivity contribution < 1.29 is 19.9 Å². The lowest BCUT2D eigenvalue weighted by molar-refractivity contribution is -0.385. The molecular weight excluding hydrogens is 232 g/mol. The second kappa shape index (κ2) is 4.34. The van der Waals surface area contributed by atoms with Crippen LogP contribution in [0.15, 0.2) is 23.1 Å². The summed E-state index contributed by atoms with van der Waals surface area (Å²) in [6.45, 7) is 0.434. The van der Waals surface area contributed by atoms with Crippen LogP contribution < -0.4 is 5.56 Å². The molecule has 0 aliphatic rings. The minimum Gasteiger partial charge on any atom is -0.479 e. The minimum atomic E-state index is -2.17. The summed E-state index contributed by atoms with van der Waals surface area (Å²) in [4.78, 5) is 31.7. The van der Waals surface area contributed by atoms with Gasteiger partial charge in [0.05, 0.1) is 17.7 Å². The van der Waals surface area contributed by atoms with E-state index in [1.54, 1.807) is 0 Å². The van der Waals surface area contributed by atoms with Gasteiger partial charge in [-0.15, -0.1) is 0 Å². The zero-order valence-corrected chi connectivity index (χ0v) is 8.86. The molecule has 1 atom stereocenters. The Labute approximate surface area is 94.9 Å². The Morgan fingerprint density at radius 3 is 2.65 bits per heavy atom. The molecule has 1 rings (SSSR count). The van der Waals surface area contributed by atoms with Crippen LogP contribution in [0.3, 0.4) is 0 Å². The fraction of sp³-hybridized carbons (Fsp3) is 0.333. The number of aliphatic carboxylic acids is 1. The third kappa shape index (κ3) is 2.88. The molecule has 0 spiro atoms. The van der Waals surface area contributed by atoms with E-state index >= 15 is 0 Å². The van der Waals surface area contributed by atoms with Gasteiger partial charge in [-0.1, -0.05) is 0 Å². The number of aliphatic hydroxyl groups is 1. The molecule has 2 N–H and O–H groups in total. The van der Waals surface area contributed by atoms with Crippen molar-refractivity contribution in [1.29, 1.82) is 0 Å². The highest BCUT2D eigenvalue weighted by atomic mass is 16.6. The summed E-state index contributed by atoms with van der Waals surface area (Å²) >= 11 is 0. The fourth-order valence-corrected chi connectivity index (χ4v) is 1.15. The number of hydrogen-bond acceptors (Lipinski definition) is 5. The topological polar surface area (TPSA) is 123 Å². The van der Waals surface area contributed by atoms with Crippen LogP contribution >= 0.6 is 0 Å². The summed E-state index contributed by atoms with van der Waals surface area (Å²) in [5.41, 5.74) is -3.15. The summed E-state index contributed by atoms with van der Waals surface area (Å²) in [6.07, 6.45) is 0.889. The molecule has 0 saturated carbocycles. The van der Waals surface area contributed by atoms with E-state index in [-0.39, 0.29) is 5.69 Å². The average molecular weight is 242 g/mol. The summed E-state index contributed by atoms with van der Waals surface area (Å²) in [6, 6.07) is 1.95. The van der Waals surface area contributed by atoms with Gasteiger partial charge in [-0.05, 0) is 6.92 Å². The number of aromatic nitrogens is 1. The molecule has 1 unspecified atom stereocenters. The quantitative estimate of drug-likeness (QED) is 0.546. The molecule has 0 amide bonds. The predicted molar refractivity (Wildman–Crippen MR) is 55.6 cm³/mol. The van der Waals surface area contributed by atoms with Crippen LogP contribution in [0, 0.1) is 10.1 Å². The van der Waals surface area contributed by atoms with Gasteiger partial charge in [-0.2, -0.15) is 0 Å². The van der Waals surface area contributed by atoms with Gasteiger partial charge < -0.3 is 14.8 Å². The number of carbonyl (C=O) groups is 1. The molecule has 0 aliphatic carbocycles. The van der Waals surface area contributed by atoms with Crippen molar-refractivity contribution in [2.45, 2.75) is 19.1 Å². The zero-order chi connectivity index (χ0) is 13.2. The second-order valence-electron chi connectivity index (χ2n) is 3.69. The van der Waals surface area contributed by atoms with Crippen molar-refractivity contribution in [2.75, 3.05) is 0 Å². The molecular formula is C9H10N2O6. The van der Waals surface area contributed by atoms with E-state index in [1.807, 2.05) is 0 Å². The average Bonchev–Trinajstić information content (AvgIpc) is 2.20. The summed E-state index contributed by atoms with van der Waals surface area (Å²) in [5, 5.41) is 28.6. The predicted octanol–water partition coefficient (Wildman–Crippen LogP) is -0.408. The third-order valence-electron chi connectivity index (χ3n) is 2.12. The van der Waals surface area contributed by atoms with E-state index in [0.29, 0.717) is 0 Å². The Bertz CT molecular complexity index is 518. The van der Waals surface area contributed by atoms with Crippen molar-refractivity contribution >= 4 is 11.7 Å². The molecule has 0 radical (unpaired) electrons. The Morgan fingerprint density at radius 2 is 2.18 bits per heavy atom. The van der Waals surface area contributed by atoms with Crippen LogP contribution in [-0.2, 0) is 11.3 Å². The zero-order valence-electron chi connectivity index (χ0n) is 8.86. The standard InChI is InChI=1S/C9H10N2O6/c1-9(15,8(13)14)5-10-4-6(11(16)17)2-3-7(10)12/h2-4,15H,5H2,1H3,(H,13,14). The molecule has 0 saturated heterocycles. The molecule has 1 aromatic heterocycles. The smallest absolute Gasteiger partial charge is 0.337 e. The first-order chi connectivity index (χ1) is 7.74. The third-order valence-corrected chi connectivity index (χ3v) is 2.12. The van der Waals surface area contributed by atoms with Gasteiger partial charge in [0, 0.05) is 12.1 Å². The first-order valence-electron chi connectivity index (χ1n) is 4.55. The Hall–Kier alpha value is -2.22. The molecule has 0 aromatic carbocycles. The molecule has 8 nitrogen and oxygen atoms in total. The van der Waals surface area contributed by atoms with E-state index in [4.69, 9.17) is 5.11 Å². The maximum Gasteiger partial charge on any atom is 0.337 e. The Balaban J connectivity index is 3.14. The van der Waals surface area contributed by atoms with E-state index in [2.05, 4.69) is 0 Å². The van der Waals surface area contributed by atoms with E-state index in [9.17, 15) is 24.8 Å². The number of hydrogen-bond donors (Lipinski definition) is 2. The van der Waals surface area contributed by atoms with Gasteiger partial charge >= 0.3 is 5.97 Å². The van der Waals surface area contributed by atoms with Crippen LogP contribution in [0.2, 0.25) is 0 Å². The second-order valence-corrected chi connectivity index (χ2v) is 3.69. The van der Waals surface area contributed by atoms with Gasteiger partial charge in [-0.25, -0.2) is 4.79 Å². The summed E-state index contributed by atoms with van der Waals surface area (Å²) < 4.78 is 0.784. The highest BCUT2D eigenvalue weighted by Gasteiger charge is 2.31. The number of rotatable bonds is 4. The highest BCUT2D eigenvalue weighted by molar-refractivity contribution is 5.76. The van der Waals surface area contributed by atoms with Gasteiger partial charge in [0.1, 0.15) is 0 Å².